The van der Waals surface area contributed by atoms with E-state index in [1.807, 2.05) is 12.1 Å². The molecule has 44 heavy (non-hydrogen) atoms. The SMILES string of the molecule is CN1C(=O)C2(Cl)CC3C(=CCC4C(=O)N(c5ccc(C(=O)c6ccccc6)cc5)C(=O)C43)C(c3ccc(O)cc3)C2(Cl)C1=O. The number of hydrogen-bond acceptors (Lipinski definition) is 6. The average molecular weight is 629 g/mol. The lowest BCUT2D eigenvalue weighted by Gasteiger charge is -2.50. The van der Waals surface area contributed by atoms with Gasteiger partial charge < -0.3 is 5.11 Å². The van der Waals surface area contributed by atoms with Crippen molar-refractivity contribution in [3.8, 4) is 5.75 Å². The van der Waals surface area contributed by atoms with E-state index in [0.717, 1.165) is 9.80 Å². The van der Waals surface area contributed by atoms with Crippen LogP contribution >= 0.6 is 23.2 Å². The number of likely N-dealkylation sites (tertiary alicyclic amines) is 1. The van der Waals surface area contributed by atoms with Crippen molar-refractivity contribution in [1.29, 1.82) is 0 Å². The monoisotopic (exact) mass is 628 g/mol. The van der Waals surface area contributed by atoms with Crippen LogP contribution in [0.3, 0.4) is 0 Å². The lowest BCUT2D eigenvalue weighted by Crippen LogP contribution is -2.60. The van der Waals surface area contributed by atoms with Gasteiger partial charge in [0.05, 0.1) is 17.5 Å². The normalized spacial score (nSPS) is 31.0. The van der Waals surface area contributed by atoms with Gasteiger partial charge >= 0.3 is 0 Å². The van der Waals surface area contributed by atoms with Gasteiger partial charge in [0.1, 0.15) is 5.75 Å². The Hall–Kier alpha value is -4.27. The molecule has 7 rings (SSSR count). The fourth-order valence-electron chi connectivity index (χ4n) is 7.56. The van der Waals surface area contributed by atoms with Crippen LogP contribution in [0.5, 0.6) is 5.75 Å². The average Bonchev–Trinajstić information content (AvgIpc) is 3.36. The van der Waals surface area contributed by atoms with Crippen LogP contribution in [-0.2, 0) is 19.2 Å². The van der Waals surface area contributed by atoms with Crippen molar-refractivity contribution in [2.45, 2.75) is 28.5 Å². The molecule has 222 valence electrons. The highest BCUT2D eigenvalue weighted by atomic mass is 35.5. The minimum atomic E-state index is -1.88. The summed E-state index contributed by atoms with van der Waals surface area (Å²) in [5.41, 5.74) is 2.51. The molecular weight excluding hydrogens is 603 g/mol. The molecule has 0 bridgehead atoms. The number of halogens is 2. The zero-order valence-corrected chi connectivity index (χ0v) is 25.0. The highest BCUT2D eigenvalue weighted by molar-refractivity contribution is 6.53. The molecule has 3 aromatic carbocycles. The van der Waals surface area contributed by atoms with Crippen molar-refractivity contribution in [1.82, 2.24) is 4.90 Å². The fraction of sp³-hybridized carbons (Fsp3) is 0.265. The summed E-state index contributed by atoms with van der Waals surface area (Å²) in [7, 11) is 1.34. The van der Waals surface area contributed by atoms with Gasteiger partial charge in [-0.3, -0.25) is 33.8 Å². The number of imide groups is 2. The number of benzene rings is 3. The summed E-state index contributed by atoms with van der Waals surface area (Å²) in [6.45, 7) is 0. The number of nitrogens with zero attached hydrogens (tertiary/aromatic N) is 2. The van der Waals surface area contributed by atoms with E-state index in [4.69, 9.17) is 23.2 Å². The fourth-order valence-corrected chi connectivity index (χ4v) is 8.58. The summed E-state index contributed by atoms with van der Waals surface area (Å²) >= 11 is 14.3. The molecule has 4 aliphatic rings. The van der Waals surface area contributed by atoms with Crippen LogP contribution < -0.4 is 4.90 Å². The Kier molecular flexibility index (Phi) is 6.39. The van der Waals surface area contributed by atoms with Gasteiger partial charge in [0.2, 0.25) is 11.8 Å². The second kappa shape index (κ2) is 9.87. The topological polar surface area (TPSA) is 112 Å². The van der Waals surface area contributed by atoms with E-state index in [0.29, 0.717) is 28.0 Å². The number of hydrogen-bond donors (Lipinski definition) is 1. The molecule has 1 saturated carbocycles. The van der Waals surface area contributed by atoms with Crippen LogP contribution in [0.25, 0.3) is 0 Å². The molecule has 0 aromatic heterocycles. The van der Waals surface area contributed by atoms with Gasteiger partial charge in [-0.15, -0.1) is 23.2 Å². The van der Waals surface area contributed by atoms with E-state index in [2.05, 4.69) is 0 Å². The Morgan fingerprint density at radius 3 is 2.11 bits per heavy atom. The first-order chi connectivity index (χ1) is 21.0. The van der Waals surface area contributed by atoms with Gasteiger partial charge in [-0.05, 0) is 60.7 Å². The molecule has 0 spiro atoms. The quantitative estimate of drug-likeness (QED) is 0.192. The van der Waals surface area contributed by atoms with Crippen molar-refractivity contribution in [3.63, 3.8) is 0 Å². The van der Waals surface area contributed by atoms with Gasteiger partial charge in [-0.25, -0.2) is 0 Å². The molecule has 4 amide bonds. The number of aromatic hydroxyl groups is 1. The van der Waals surface area contributed by atoms with Crippen molar-refractivity contribution in [2.24, 2.45) is 17.8 Å². The van der Waals surface area contributed by atoms with Crippen LogP contribution in [0.15, 0.2) is 90.5 Å². The van der Waals surface area contributed by atoms with Crippen molar-refractivity contribution < 1.29 is 29.1 Å². The summed E-state index contributed by atoms with van der Waals surface area (Å²) in [5.74, 6) is -5.35. The largest absolute Gasteiger partial charge is 0.508 e. The Bertz CT molecular complexity index is 1790. The van der Waals surface area contributed by atoms with Crippen LogP contribution in [0.4, 0.5) is 5.69 Å². The van der Waals surface area contributed by atoms with E-state index < -0.39 is 51.1 Å². The minimum absolute atomic E-state index is 0.00851. The maximum atomic E-state index is 14.2. The van der Waals surface area contributed by atoms with Crippen LogP contribution in [0.2, 0.25) is 0 Å². The molecule has 8 nitrogen and oxygen atoms in total. The number of alkyl halides is 2. The third-order valence-electron chi connectivity index (χ3n) is 9.66. The predicted molar refractivity (Wildman–Crippen MR) is 162 cm³/mol. The Morgan fingerprint density at radius 1 is 0.818 bits per heavy atom. The number of carbonyl (C=O) groups excluding carboxylic acids is 5. The van der Waals surface area contributed by atoms with Gasteiger partial charge in [0.15, 0.2) is 15.5 Å². The van der Waals surface area contributed by atoms with E-state index in [1.165, 1.54) is 19.2 Å². The lowest BCUT2D eigenvalue weighted by molar-refractivity contribution is -0.138. The molecule has 2 aliphatic carbocycles. The number of fused-ring (bicyclic) bond motifs is 4. The number of phenolic OH excluding ortho intramolecular Hbond substituents is 1. The van der Waals surface area contributed by atoms with Crippen molar-refractivity contribution in [2.75, 3.05) is 11.9 Å². The molecule has 0 radical (unpaired) electrons. The number of anilines is 1. The minimum Gasteiger partial charge on any atom is -0.508 e. The first kappa shape index (κ1) is 28.5. The van der Waals surface area contributed by atoms with Gasteiger partial charge in [0.25, 0.3) is 11.8 Å². The smallest absolute Gasteiger partial charge is 0.253 e. The standard InChI is InChI=1S/C34H26Cl2N2O6/c1-37-31(43)33(35)17-25-23(27(34(33,36)32(37)44)18-9-13-22(39)14-10-18)15-16-24-26(25)30(42)38(29(24)41)21-11-7-20(8-12-21)28(40)19-5-3-2-4-6-19/h2-15,24-27,39H,16-17H2,1H3. The Balaban J connectivity index is 1.27. The van der Waals surface area contributed by atoms with E-state index >= 15 is 0 Å². The maximum Gasteiger partial charge on any atom is 0.253 e. The number of carbonyl (C=O) groups is 5. The molecule has 6 atom stereocenters. The Morgan fingerprint density at radius 2 is 1.45 bits per heavy atom. The second-order valence-electron chi connectivity index (χ2n) is 11.8. The first-order valence-electron chi connectivity index (χ1n) is 14.3. The summed E-state index contributed by atoms with van der Waals surface area (Å²) in [6.07, 6.45) is 1.99. The number of rotatable bonds is 4. The molecule has 2 saturated heterocycles. The molecule has 1 N–H and O–H groups in total. The van der Waals surface area contributed by atoms with E-state index in [1.54, 1.807) is 60.7 Å². The molecule has 10 heteroatoms. The van der Waals surface area contributed by atoms with Gasteiger partial charge in [-0.2, -0.15) is 0 Å². The highest BCUT2D eigenvalue weighted by Gasteiger charge is 2.75. The third kappa shape index (κ3) is 3.74. The lowest BCUT2D eigenvalue weighted by atomic mass is 9.56. The van der Waals surface area contributed by atoms with Crippen LogP contribution in [-0.4, -0.2) is 56.2 Å². The number of allylic oxidation sites excluding steroid dienone is 2. The second-order valence-corrected chi connectivity index (χ2v) is 13.1. The number of ketones is 1. The van der Waals surface area contributed by atoms with Crippen LogP contribution in [0.1, 0.15) is 40.2 Å². The summed E-state index contributed by atoms with van der Waals surface area (Å²) in [5, 5.41) is 9.95. The summed E-state index contributed by atoms with van der Waals surface area (Å²) < 4.78 is 0. The summed E-state index contributed by atoms with van der Waals surface area (Å²) in [4.78, 5) is 66.3. The summed E-state index contributed by atoms with van der Waals surface area (Å²) in [6, 6.07) is 21.3. The molecule has 3 fully saturated rings. The maximum absolute atomic E-state index is 14.2. The molecule has 2 heterocycles. The number of amides is 4. The molecule has 6 unspecified atom stereocenters. The molecular formula is C34H26Cl2N2O6. The predicted octanol–water partition coefficient (Wildman–Crippen LogP) is 4.82. The van der Waals surface area contributed by atoms with Gasteiger partial charge in [-0.1, -0.05) is 54.1 Å². The van der Waals surface area contributed by atoms with E-state index in [9.17, 15) is 29.1 Å². The van der Waals surface area contributed by atoms with Crippen LogP contribution in [0, 0.1) is 17.8 Å². The third-order valence-corrected chi connectivity index (χ3v) is 11.1. The highest BCUT2D eigenvalue weighted by Crippen LogP contribution is 2.65. The van der Waals surface area contributed by atoms with Gasteiger partial charge in [0, 0.05) is 24.1 Å². The zero-order chi connectivity index (χ0) is 31.1. The molecule has 3 aromatic rings. The zero-order valence-electron chi connectivity index (χ0n) is 23.4. The number of phenols is 1. The first-order valence-corrected chi connectivity index (χ1v) is 15.0. The van der Waals surface area contributed by atoms with E-state index in [-0.39, 0.29) is 30.3 Å². The van der Waals surface area contributed by atoms with Crippen molar-refractivity contribution in [3.05, 3.63) is 107 Å². The molecule has 2 aliphatic heterocycles. The van der Waals surface area contributed by atoms with Crippen molar-refractivity contribution >= 4 is 58.3 Å². The Labute approximate surface area is 262 Å².